The van der Waals surface area contributed by atoms with Crippen LogP contribution in [-0.2, 0) is 11.3 Å². The molecule has 21 heavy (non-hydrogen) atoms. The van der Waals surface area contributed by atoms with Gasteiger partial charge in [-0.3, -0.25) is 0 Å². The highest BCUT2D eigenvalue weighted by molar-refractivity contribution is 5.54. The Kier molecular flexibility index (Phi) is 6.46. The van der Waals surface area contributed by atoms with E-state index < -0.39 is 0 Å². The highest BCUT2D eigenvalue weighted by Crippen LogP contribution is 2.26. The Labute approximate surface area is 127 Å². The van der Waals surface area contributed by atoms with Crippen molar-refractivity contribution in [2.24, 2.45) is 0 Å². The summed E-state index contributed by atoms with van der Waals surface area (Å²) in [5, 5.41) is 3.37. The molecule has 1 saturated heterocycles. The van der Waals surface area contributed by atoms with E-state index in [1.807, 2.05) is 13.0 Å². The lowest BCUT2D eigenvalue weighted by Gasteiger charge is -2.35. The predicted molar refractivity (Wildman–Crippen MR) is 85.3 cm³/mol. The first-order chi connectivity index (χ1) is 10.2. The molecule has 1 aromatic rings. The van der Waals surface area contributed by atoms with Gasteiger partial charge in [0.15, 0.2) is 0 Å². The van der Waals surface area contributed by atoms with Gasteiger partial charge in [-0.15, -0.1) is 0 Å². The molecule has 0 aromatic heterocycles. The largest absolute Gasteiger partial charge is 0.377 e. The van der Waals surface area contributed by atoms with Crippen LogP contribution in [0, 0.1) is 5.82 Å². The third-order valence-corrected chi connectivity index (χ3v) is 3.90. The number of anilines is 1. The van der Waals surface area contributed by atoms with E-state index in [1.54, 1.807) is 12.1 Å². The first kappa shape index (κ1) is 16.2. The quantitative estimate of drug-likeness (QED) is 0.781. The summed E-state index contributed by atoms with van der Waals surface area (Å²) in [5.74, 6) is -0.162. The van der Waals surface area contributed by atoms with Crippen molar-refractivity contribution in [2.75, 3.05) is 31.1 Å². The molecule has 1 N–H and O–H groups in total. The van der Waals surface area contributed by atoms with E-state index in [9.17, 15) is 4.39 Å². The number of hydrogen-bond donors (Lipinski definition) is 1. The fourth-order valence-electron chi connectivity index (χ4n) is 2.93. The average molecular weight is 294 g/mol. The molecule has 118 valence electrons. The molecule has 0 bridgehead atoms. The third kappa shape index (κ3) is 4.68. The molecular weight excluding hydrogens is 267 g/mol. The summed E-state index contributed by atoms with van der Waals surface area (Å²) in [6.45, 7) is 8.53. The summed E-state index contributed by atoms with van der Waals surface area (Å²) >= 11 is 0. The maximum Gasteiger partial charge on any atom is 0.123 e. The van der Waals surface area contributed by atoms with Crippen LogP contribution in [0.5, 0.6) is 0 Å². The molecule has 1 aromatic carbocycles. The van der Waals surface area contributed by atoms with E-state index in [2.05, 4.69) is 17.1 Å². The summed E-state index contributed by atoms with van der Waals surface area (Å²) in [6, 6.07) is 5.12. The summed E-state index contributed by atoms with van der Waals surface area (Å²) in [7, 11) is 0. The molecule has 1 aliphatic heterocycles. The van der Waals surface area contributed by atoms with Crippen molar-refractivity contribution in [1.82, 2.24) is 5.32 Å². The van der Waals surface area contributed by atoms with Gasteiger partial charge in [0.1, 0.15) is 5.82 Å². The molecule has 1 atom stereocenters. The monoisotopic (exact) mass is 294 g/mol. The summed E-state index contributed by atoms with van der Waals surface area (Å²) in [6.07, 6.45) is 3.63. The van der Waals surface area contributed by atoms with Crippen molar-refractivity contribution in [3.8, 4) is 0 Å². The van der Waals surface area contributed by atoms with Gasteiger partial charge in [-0.05, 0) is 56.5 Å². The van der Waals surface area contributed by atoms with Crippen LogP contribution in [0.3, 0.4) is 0 Å². The van der Waals surface area contributed by atoms with Crippen LogP contribution in [0.25, 0.3) is 0 Å². The standard InChI is InChI=1S/C17H27FN2O/c1-3-9-19-12-14-11-15(18)7-8-17(14)20-10-5-6-16(13-20)21-4-2/h7-8,11,16,19H,3-6,9-10,12-13H2,1-2H3. The van der Waals surface area contributed by atoms with Crippen LogP contribution >= 0.6 is 0 Å². The van der Waals surface area contributed by atoms with Gasteiger partial charge in [0.05, 0.1) is 6.10 Å². The van der Waals surface area contributed by atoms with Crippen molar-refractivity contribution >= 4 is 5.69 Å². The molecule has 2 rings (SSSR count). The number of nitrogens with zero attached hydrogens (tertiary/aromatic N) is 1. The predicted octanol–water partition coefficient (Wildman–Crippen LogP) is 3.33. The van der Waals surface area contributed by atoms with Crippen molar-refractivity contribution < 1.29 is 9.13 Å². The number of halogens is 1. The molecule has 1 aliphatic rings. The number of benzene rings is 1. The number of piperidine rings is 1. The lowest BCUT2D eigenvalue weighted by molar-refractivity contribution is 0.0526. The SMILES string of the molecule is CCCNCc1cc(F)ccc1N1CCCC(OCC)C1. The maximum atomic E-state index is 13.5. The van der Waals surface area contributed by atoms with Gasteiger partial charge in [-0.1, -0.05) is 6.92 Å². The second-order valence-electron chi connectivity index (χ2n) is 5.62. The summed E-state index contributed by atoms with van der Waals surface area (Å²) < 4.78 is 19.3. The topological polar surface area (TPSA) is 24.5 Å². The Morgan fingerprint density at radius 1 is 1.38 bits per heavy atom. The normalized spacial score (nSPS) is 19.0. The molecular formula is C17H27FN2O. The molecule has 0 spiro atoms. The van der Waals surface area contributed by atoms with Crippen LogP contribution in [-0.4, -0.2) is 32.3 Å². The first-order valence-corrected chi connectivity index (χ1v) is 8.10. The molecule has 1 unspecified atom stereocenters. The molecule has 0 radical (unpaired) electrons. The molecule has 1 heterocycles. The zero-order valence-corrected chi connectivity index (χ0v) is 13.2. The lowest BCUT2D eigenvalue weighted by atomic mass is 10.0. The van der Waals surface area contributed by atoms with Crippen LogP contribution in [0.4, 0.5) is 10.1 Å². The Hall–Kier alpha value is -1.13. The maximum absolute atomic E-state index is 13.5. The minimum Gasteiger partial charge on any atom is -0.377 e. The summed E-state index contributed by atoms with van der Waals surface area (Å²) in [4.78, 5) is 2.34. The molecule has 4 heteroatoms. The van der Waals surface area contributed by atoms with E-state index in [1.165, 1.54) is 0 Å². The lowest BCUT2D eigenvalue weighted by Crippen LogP contribution is -2.40. The second-order valence-corrected chi connectivity index (χ2v) is 5.62. The highest BCUT2D eigenvalue weighted by atomic mass is 19.1. The zero-order valence-electron chi connectivity index (χ0n) is 13.2. The van der Waals surface area contributed by atoms with Gasteiger partial charge in [0.25, 0.3) is 0 Å². The molecule has 1 fully saturated rings. The second kappa shape index (κ2) is 8.35. The Balaban J connectivity index is 2.09. The number of rotatable bonds is 7. The fraction of sp³-hybridized carbons (Fsp3) is 0.647. The first-order valence-electron chi connectivity index (χ1n) is 8.10. The average Bonchev–Trinajstić information content (AvgIpc) is 2.48. The van der Waals surface area contributed by atoms with Gasteiger partial charge < -0.3 is 15.0 Å². The van der Waals surface area contributed by atoms with Crippen LogP contribution < -0.4 is 10.2 Å². The van der Waals surface area contributed by atoms with Crippen molar-refractivity contribution in [2.45, 2.75) is 45.8 Å². The van der Waals surface area contributed by atoms with E-state index >= 15 is 0 Å². The van der Waals surface area contributed by atoms with Gasteiger partial charge in [0, 0.05) is 31.9 Å². The fourth-order valence-corrected chi connectivity index (χ4v) is 2.93. The molecule has 0 saturated carbocycles. The molecule has 3 nitrogen and oxygen atoms in total. The van der Waals surface area contributed by atoms with Crippen LogP contribution in [0.2, 0.25) is 0 Å². The molecule has 0 aliphatic carbocycles. The van der Waals surface area contributed by atoms with Crippen LogP contribution in [0.15, 0.2) is 18.2 Å². The minimum atomic E-state index is -0.162. The van der Waals surface area contributed by atoms with E-state index in [0.29, 0.717) is 6.10 Å². The van der Waals surface area contributed by atoms with Crippen molar-refractivity contribution in [1.29, 1.82) is 0 Å². The number of ether oxygens (including phenoxy) is 1. The van der Waals surface area contributed by atoms with Gasteiger partial charge >= 0.3 is 0 Å². The Bertz CT molecular complexity index is 437. The van der Waals surface area contributed by atoms with Crippen molar-refractivity contribution in [3.05, 3.63) is 29.6 Å². The molecule has 0 amide bonds. The number of hydrogen-bond acceptors (Lipinski definition) is 3. The minimum absolute atomic E-state index is 0.162. The third-order valence-electron chi connectivity index (χ3n) is 3.90. The smallest absolute Gasteiger partial charge is 0.123 e. The van der Waals surface area contributed by atoms with Gasteiger partial charge in [0.2, 0.25) is 0 Å². The zero-order chi connectivity index (χ0) is 15.1. The van der Waals surface area contributed by atoms with E-state index in [-0.39, 0.29) is 5.82 Å². The number of nitrogens with one attached hydrogen (secondary N) is 1. The highest BCUT2D eigenvalue weighted by Gasteiger charge is 2.22. The van der Waals surface area contributed by atoms with E-state index in [0.717, 1.165) is 63.3 Å². The van der Waals surface area contributed by atoms with Gasteiger partial charge in [-0.25, -0.2) is 4.39 Å². The Morgan fingerprint density at radius 3 is 3.00 bits per heavy atom. The van der Waals surface area contributed by atoms with Crippen LogP contribution in [0.1, 0.15) is 38.7 Å². The Morgan fingerprint density at radius 2 is 2.24 bits per heavy atom. The van der Waals surface area contributed by atoms with Gasteiger partial charge in [-0.2, -0.15) is 0 Å². The van der Waals surface area contributed by atoms with E-state index in [4.69, 9.17) is 4.74 Å². The van der Waals surface area contributed by atoms with Crippen molar-refractivity contribution in [3.63, 3.8) is 0 Å². The summed E-state index contributed by atoms with van der Waals surface area (Å²) in [5.41, 5.74) is 2.19.